The van der Waals surface area contributed by atoms with Crippen molar-refractivity contribution in [3.05, 3.63) is 28.0 Å². The van der Waals surface area contributed by atoms with E-state index >= 15 is 0 Å². The Morgan fingerprint density at radius 1 is 1.52 bits per heavy atom. The fourth-order valence-electron chi connectivity index (χ4n) is 2.08. The number of amides is 1. The molecule has 116 valence electrons. The van der Waals surface area contributed by atoms with Crippen molar-refractivity contribution in [3.63, 3.8) is 0 Å². The summed E-state index contributed by atoms with van der Waals surface area (Å²) in [5, 5.41) is 0. The topological polar surface area (TPSA) is 63.7 Å². The van der Waals surface area contributed by atoms with E-state index in [0.717, 1.165) is 12.1 Å². The summed E-state index contributed by atoms with van der Waals surface area (Å²) in [7, 11) is 2.65. The molecule has 1 aromatic carbocycles. The molecule has 1 heterocycles. The van der Waals surface area contributed by atoms with Gasteiger partial charge in [-0.3, -0.25) is 4.79 Å². The molecular formula is C12H12BrClFNO4S. The van der Waals surface area contributed by atoms with Gasteiger partial charge in [0.15, 0.2) is 0 Å². The van der Waals surface area contributed by atoms with Crippen molar-refractivity contribution in [1.82, 2.24) is 4.90 Å². The minimum Gasteiger partial charge on any atom is -0.379 e. The van der Waals surface area contributed by atoms with Crippen LogP contribution in [0.4, 0.5) is 4.39 Å². The van der Waals surface area contributed by atoms with Crippen LogP contribution in [0.25, 0.3) is 0 Å². The van der Waals surface area contributed by atoms with Crippen molar-refractivity contribution >= 4 is 41.6 Å². The third-order valence-electron chi connectivity index (χ3n) is 3.27. The molecule has 0 radical (unpaired) electrons. The summed E-state index contributed by atoms with van der Waals surface area (Å²) < 4.78 is 41.6. The predicted molar refractivity (Wildman–Crippen MR) is 78.5 cm³/mol. The normalized spacial score (nSPS) is 18.8. The van der Waals surface area contributed by atoms with Crippen LogP contribution >= 0.6 is 26.6 Å². The van der Waals surface area contributed by atoms with Gasteiger partial charge in [0, 0.05) is 24.3 Å². The number of halogens is 3. The third kappa shape index (κ3) is 3.56. The molecule has 0 aromatic heterocycles. The lowest BCUT2D eigenvalue weighted by atomic mass is 10.1. The molecule has 1 amide bonds. The summed E-state index contributed by atoms with van der Waals surface area (Å²) in [6, 6.07) is 1.62. The lowest BCUT2D eigenvalue weighted by molar-refractivity contribution is 0.0709. The molecular weight excluding hydrogens is 389 g/mol. The molecule has 1 saturated heterocycles. The molecule has 1 aliphatic rings. The Bertz CT molecular complexity index is 676. The van der Waals surface area contributed by atoms with Crippen LogP contribution in [0.3, 0.4) is 0 Å². The average Bonchev–Trinajstić information content (AvgIpc) is 2.92. The Hall–Kier alpha value is -0.700. The summed E-state index contributed by atoms with van der Waals surface area (Å²) in [6.45, 7) is 0.948. The van der Waals surface area contributed by atoms with E-state index < -0.39 is 25.7 Å². The SMILES string of the molecule is CN(C(=O)c1cc(F)cc(S(=O)(=O)Cl)c1Br)C1CCOC1. The average molecular weight is 401 g/mol. The van der Waals surface area contributed by atoms with Gasteiger partial charge < -0.3 is 9.64 Å². The van der Waals surface area contributed by atoms with Gasteiger partial charge in [0.2, 0.25) is 0 Å². The fraction of sp³-hybridized carbons (Fsp3) is 0.417. The van der Waals surface area contributed by atoms with Gasteiger partial charge in [0.1, 0.15) is 10.7 Å². The highest BCUT2D eigenvalue weighted by Gasteiger charge is 2.29. The van der Waals surface area contributed by atoms with Gasteiger partial charge in [0.05, 0.1) is 22.7 Å². The monoisotopic (exact) mass is 399 g/mol. The van der Waals surface area contributed by atoms with Crippen molar-refractivity contribution in [2.45, 2.75) is 17.4 Å². The molecule has 0 spiro atoms. The zero-order chi connectivity index (χ0) is 15.8. The van der Waals surface area contributed by atoms with Gasteiger partial charge in [0.25, 0.3) is 15.0 Å². The molecule has 0 aliphatic carbocycles. The molecule has 0 bridgehead atoms. The molecule has 1 fully saturated rings. The Balaban J connectivity index is 2.44. The van der Waals surface area contributed by atoms with E-state index in [1.807, 2.05) is 0 Å². The van der Waals surface area contributed by atoms with Crippen molar-refractivity contribution in [2.75, 3.05) is 20.3 Å². The van der Waals surface area contributed by atoms with Crippen molar-refractivity contribution in [3.8, 4) is 0 Å². The van der Waals surface area contributed by atoms with Crippen LogP contribution in [0.2, 0.25) is 0 Å². The van der Waals surface area contributed by atoms with Crippen LogP contribution in [-0.4, -0.2) is 45.5 Å². The second-order valence-corrected chi connectivity index (χ2v) is 7.96. The van der Waals surface area contributed by atoms with E-state index in [1.165, 1.54) is 4.90 Å². The first-order chi connectivity index (χ1) is 9.71. The smallest absolute Gasteiger partial charge is 0.262 e. The first-order valence-corrected chi connectivity index (χ1v) is 9.10. The molecule has 2 rings (SSSR count). The highest BCUT2D eigenvalue weighted by Crippen LogP contribution is 2.31. The van der Waals surface area contributed by atoms with E-state index in [0.29, 0.717) is 19.6 Å². The predicted octanol–water partition coefficient (Wildman–Crippen LogP) is 2.38. The van der Waals surface area contributed by atoms with Crippen molar-refractivity contribution in [2.24, 2.45) is 0 Å². The number of hydrogen-bond donors (Lipinski definition) is 0. The zero-order valence-electron chi connectivity index (χ0n) is 11.0. The third-order valence-corrected chi connectivity index (χ3v) is 5.73. The summed E-state index contributed by atoms with van der Waals surface area (Å²) >= 11 is 3.02. The van der Waals surface area contributed by atoms with E-state index in [-0.39, 0.29) is 16.1 Å². The maximum atomic E-state index is 13.6. The number of benzene rings is 1. The molecule has 21 heavy (non-hydrogen) atoms. The van der Waals surface area contributed by atoms with Gasteiger partial charge in [-0.15, -0.1) is 0 Å². The van der Waals surface area contributed by atoms with Crippen LogP contribution in [-0.2, 0) is 13.8 Å². The summed E-state index contributed by atoms with van der Waals surface area (Å²) in [5.41, 5.74) is -0.0939. The van der Waals surface area contributed by atoms with Crippen LogP contribution in [0.15, 0.2) is 21.5 Å². The number of nitrogens with zero attached hydrogens (tertiary/aromatic N) is 1. The lowest BCUT2D eigenvalue weighted by Gasteiger charge is -2.24. The van der Waals surface area contributed by atoms with Crippen LogP contribution < -0.4 is 0 Å². The van der Waals surface area contributed by atoms with E-state index in [2.05, 4.69) is 15.9 Å². The Kier molecular flexibility index (Phi) is 4.92. The molecule has 1 atom stereocenters. The van der Waals surface area contributed by atoms with Gasteiger partial charge >= 0.3 is 0 Å². The van der Waals surface area contributed by atoms with E-state index in [9.17, 15) is 17.6 Å². The number of rotatable bonds is 3. The number of carbonyl (C=O) groups is 1. The van der Waals surface area contributed by atoms with Crippen LogP contribution in [0.5, 0.6) is 0 Å². The number of likely N-dealkylation sites (N-methyl/N-ethyl adjacent to an activating group) is 1. The largest absolute Gasteiger partial charge is 0.379 e. The maximum Gasteiger partial charge on any atom is 0.262 e. The number of hydrogen-bond acceptors (Lipinski definition) is 4. The zero-order valence-corrected chi connectivity index (χ0v) is 14.1. The minimum absolute atomic E-state index is 0.0466. The minimum atomic E-state index is -4.17. The molecule has 1 unspecified atom stereocenters. The standard InChI is InChI=1S/C12H12BrClFNO4S/c1-16(8-2-3-20-6-8)12(17)9-4-7(15)5-10(11(9)13)21(14,18)19/h4-5,8H,2-3,6H2,1H3. The van der Waals surface area contributed by atoms with Crippen molar-refractivity contribution in [1.29, 1.82) is 0 Å². The highest BCUT2D eigenvalue weighted by molar-refractivity contribution is 9.10. The number of carbonyl (C=O) groups excluding carboxylic acids is 1. The maximum absolute atomic E-state index is 13.6. The second kappa shape index (κ2) is 6.20. The Labute approximate surface area is 134 Å². The second-order valence-electron chi connectivity index (χ2n) is 4.64. The summed E-state index contributed by atoms with van der Waals surface area (Å²) in [6.07, 6.45) is 0.676. The molecule has 5 nitrogen and oxygen atoms in total. The van der Waals surface area contributed by atoms with E-state index in [4.69, 9.17) is 15.4 Å². The van der Waals surface area contributed by atoms with Gasteiger partial charge in [-0.2, -0.15) is 0 Å². The number of ether oxygens (including phenoxy) is 1. The first-order valence-electron chi connectivity index (χ1n) is 6.00. The summed E-state index contributed by atoms with van der Waals surface area (Å²) in [4.78, 5) is 13.4. The van der Waals surface area contributed by atoms with Crippen LogP contribution in [0, 0.1) is 5.82 Å². The molecule has 0 saturated carbocycles. The summed E-state index contributed by atoms with van der Waals surface area (Å²) in [5.74, 6) is -1.35. The van der Waals surface area contributed by atoms with Gasteiger partial charge in [-0.05, 0) is 34.5 Å². The molecule has 0 N–H and O–H groups in total. The highest BCUT2D eigenvalue weighted by atomic mass is 79.9. The van der Waals surface area contributed by atoms with Gasteiger partial charge in [-0.1, -0.05) is 0 Å². The molecule has 1 aromatic rings. The van der Waals surface area contributed by atoms with Crippen molar-refractivity contribution < 1.29 is 22.3 Å². The molecule has 9 heteroatoms. The van der Waals surface area contributed by atoms with Crippen LogP contribution in [0.1, 0.15) is 16.8 Å². The quantitative estimate of drug-likeness (QED) is 0.731. The molecule has 1 aliphatic heterocycles. The van der Waals surface area contributed by atoms with Gasteiger partial charge in [-0.25, -0.2) is 12.8 Å². The van der Waals surface area contributed by atoms with E-state index in [1.54, 1.807) is 7.05 Å². The lowest BCUT2D eigenvalue weighted by Crippen LogP contribution is -2.37. The fourth-order valence-corrected chi connectivity index (χ4v) is 4.34. The Morgan fingerprint density at radius 2 is 2.19 bits per heavy atom. The Morgan fingerprint density at radius 3 is 2.71 bits per heavy atom. The first kappa shape index (κ1) is 16.7.